The number of hydrogen-bond acceptors (Lipinski definition) is 5. The monoisotopic (exact) mass is 375 g/mol. The molecule has 0 spiro atoms. The maximum Gasteiger partial charge on any atom is 0.255 e. The van der Waals surface area contributed by atoms with Crippen molar-refractivity contribution in [1.82, 2.24) is 14.8 Å². The van der Waals surface area contributed by atoms with Gasteiger partial charge in [0.1, 0.15) is 5.01 Å². The van der Waals surface area contributed by atoms with Gasteiger partial charge in [-0.25, -0.2) is 4.98 Å². The highest BCUT2D eigenvalue weighted by atomic mass is 32.2. The van der Waals surface area contributed by atoms with E-state index in [0.29, 0.717) is 0 Å². The van der Waals surface area contributed by atoms with Crippen LogP contribution in [0.15, 0.2) is 29.2 Å². The van der Waals surface area contributed by atoms with E-state index in [1.165, 1.54) is 9.88 Å². The topological polar surface area (TPSA) is 36.4 Å². The summed E-state index contributed by atoms with van der Waals surface area (Å²) in [6.45, 7) is 10.6. The SMILES string of the molecule is CCSc1ccccc1C(=O)N1CCN(Cc2nc(C)c(C)s2)CC1. The highest BCUT2D eigenvalue weighted by Crippen LogP contribution is 2.24. The largest absolute Gasteiger partial charge is 0.336 e. The van der Waals surface area contributed by atoms with Crippen LogP contribution in [0.3, 0.4) is 0 Å². The summed E-state index contributed by atoms with van der Waals surface area (Å²) in [5.41, 5.74) is 1.98. The van der Waals surface area contributed by atoms with Gasteiger partial charge in [0, 0.05) is 36.0 Å². The van der Waals surface area contributed by atoms with Gasteiger partial charge in [-0.15, -0.1) is 23.1 Å². The van der Waals surface area contributed by atoms with Gasteiger partial charge in [0.05, 0.1) is 17.8 Å². The molecule has 0 radical (unpaired) electrons. The second kappa shape index (κ2) is 8.34. The van der Waals surface area contributed by atoms with Gasteiger partial charge in [-0.1, -0.05) is 19.1 Å². The Labute approximate surface area is 158 Å². The van der Waals surface area contributed by atoms with E-state index < -0.39 is 0 Å². The van der Waals surface area contributed by atoms with Crippen LogP contribution in [0.2, 0.25) is 0 Å². The summed E-state index contributed by atoms with van der Waals surface area (Å²) in [6, 6.07) is 7.96. The molecule has 0 N–H and O–H groups in total. The van der Waals surface area contributed by atoms with Crippen molar-refractivity contribution in [1.29, 1.82) is 0 Å². The minimum absolute atomic E-state index is 0.164. The predicted molar refractivity (Wildman–Crippen MR) is 106 cm³/mol. The minimum atomic E-state index is 0.164. The molecular formula is C19H25N3OS2. The van der Waals surface area contributed by atoms with Crippen molar-refractivity contribution in [3.8, 4) is 0 Å². The molecule has 1 aliphatic heterocycles. The summed E-state index contributed by atoms with van der Waals surface area (Å²) >= 11 is 3.52. The van der Waals surface area contributed by atoms with E-state index in [-0.39, 0.29) is 5.91 Å². The van der Waals surface area contributed by atoms with Crippen LogP contribution >= 0.6 is 23.1 Å². The number of thioether (sulfide) groups is 1. The maximum absolute atomic E-state index is 12.9. The number of piperazine rings is 1. The Hall–Kier alpha value is -1.37. The predicted octanol–water partition coefficient (Wildman–Crippen LogP) is 3.83. The quantitative estimate of drug-likeness (QED) is 0.744. The number of benzene rings is 1. The van der Waals surface area contributed by atoms with Gasteiger partial charge < -0.3 is 4.90 Å². The molecule has 0 atom stereocenters. The third-order valence-electron chi connectivity index (χ3n) is 4.51. The summed E-state index contributed by atoms with van der Waals surface area (Å²) in [7, 11) is 0. The number of aryl methyl sites for hydroxylation is 2. The fraction of sp³-hybridized carbons (Fsp3) is 0.474. The van der Waals surface area contributed by atoms with E-state index in [1.807, 2.05) is 29.2 Å². The standard InChI is InChI=1S/C19H25N3OS2/c1-4-24-17-8-6-5-7-16(17)19(23)22-11-9-21(10-12-22)13-18-20-14(2)15(3)25-18/h5-8H,4,9-13H2,1-3H3. The van der Waals surface area contributed by atoms with Crippen molar-refractivity contribution in [2.24, 2.45) is 0 Å². The van der Waals surface area contributed by atoms with E-state index in [1.54, 1.807) is 23.1 Å². The number of rotatable bonds is 5. The number of hydrogen-bond donors (Lipinski definition) is 0. The van der Waals surface area contributed by atoms with E-state index >= 15 is 0 Å². The van der Waals surface area contributed by atoms with Gasteiger partial charge in [-0.2, -0.15) is 0 Å². The molecule has 0 aliphatic carbocycles. The molecule has 1 amide bonds. The first kappa shape index (κ1) is 18.4. The molecule has 4 nitrogen and oxygen atoms in total. The normalized spacial score (nSPS) is 15.6. The second-order valence-corrected chi connectivity index (χ2v) is 8.84. The number of nitrogens with zero attached hydrogens (tertiary/aromatic N) is 3. The lowest BCUT2D eigenvalue weighted by molar-refractivity contribution is 0.0625. The number of carbonyl (C=O) groups excluding carboxylic acids is 1. The van der Waals surface area contributed by atoms with Crippen LogP contribution in [0.25, 0.3) is 0 Å². The van der Waals surface area contributed by atoms with E-state index in [0.717, 1.165) is 54.6 Å². The number of carbonyl (C=O) groups is 1. The molecule has 25 heavy (non-hydrogen) atoms. The van der Waals surface area contributed by atoms with Crippen LogP contribution < -0.4 is 0 Å². The molecular weight excluding hydrogens is 350 g/mol. The Bertz CT molecular complexity index is 717. The first-order valence-corrected chi connectivity index (χ1v) is 10.5. The molecule has 3 rings (SSSR count). The molecule has 0 unspecified atom stereocenters. The molecule has 6 heteroatoms. The molecule has 2 aromatic rings. The fourth-order valence-electron chi connectivity index (χ4n) is 3.00. The first-order chi connectivity index (χ1) is 12.1. The van der Waals surface area contributed by atoms with Crippen molar-refractivity contribution < 1.29 is 4.79 Å². The van der Waals surface area contributed by atoms with Crippen molar-refractivity contribution in [2.45, 2.75) is 32.2 Å². The summed E-state index contributed by atoms with van der Waals surface area (Å²) < 4.78 is 0. The van der Waals surface area contributed by atoms with E-state index in [2.05, 4.69) is 30.7 Å². The number of aromatic nitrogens is 1. The molecule has 2 heterocycles. The molecule has 1 fully saturated rings. The van der Waals surface area contributed by atoms with Gasteiger partial charge >= 0.3 is 0 Å². The molecule has 1 aliphatic rings. The fourth-order valence-corrected chi connectivity index (χ4v) is 4.78. The highest BCUT2D eigenvalue weighted by molar-refractivity contribution is 7.99. The van der Waals surface area contributed by atoms with E-state index in [4.69, 9.17) is 0 Å². The Morgan fingerprint density at radius 2 is 1.92 bits per heavy atom. The second-order valence-electron chi connectivity index (χ2n) is 6.25. The average Bonchev–Trinajstić information content (AvgIpc) is 2.93. The summed E-state index contributed by atoms with van der Waals surface area (Å²) in [4.78, 5) is 24.3. The van der Waals surface area contributed by atoms with Crippen LogP contribution in [0, 0.1) is 13.8 Å². The lowest BCUT2D eigenvalue weighted by Gasteiger charge is -2.34. The Balaban J connectivity index is 1.59. The zero-order valence-corrected chi connectivity index (χ0v) is 16.8. The molecule has 1 aromatic carbocycles. The Morgan fingerprint density at radius 3 is 2.56 bits per heavy atom. The van der Waals surface area contributed by atoms with Gasteiger partial charge in [0.2, 0.25) is 0 Å². The smallest absolute Gasteiger partial charge is 0.255 e. The van der Waals surface area contributed by atoms with Gasteiger partial charge in [0.15, 0.2) is 0 Å². The molecule has 1 saturated heterocycles. The van der Waals surface area contributed by atoms with Crippen molar-refractivity contribution in [2.75, 3.05) is 31.9 Å². The van der Waals surface area contributed by atoms with Gasteiger partial charge in [-0.05, 0) is 31.7 Å². The molecule has 1 aromatic heterocycles. The Morgan fingerprint density at radius 1 is 1.20 bits per heavy atom. The Kier molecular flexibility index (Phi) is 6.15. The van der Waals surface area contributed by atoms with Crippen LogP contribution in [-0.2, 0) is 6.54 Å². The van der Waals surface area contributed by atoms with Crippen molar-refractivity contribution >= 4 is 29.0 Å². The van der Waals surface area contributed by atoms with Gasteiger partial charge in [0.25, 0.3) is 5.91 Å². The summed E-state index contributed by atoms with van der Waals surface area (Å²) in [5.74, 6) is 1.14. The van der Waals surface area contributed by atoms with Crippen molar-refractivity contribution in [3.05, 3.63) is 45.4 Å². The van der Waals surface area contributed by atoms with Gasteiger partial charge in [-0.3, -0.25) is 9.69 Å². The average molecular weight is 376 g/mol. The lowest BCUT2D eigenvalue weighted by atomic mass is 10.2. The van der Waals surface area contributed by atoms with Crippen LogP contribution in [0.4, 0.5) is 0 Å². The summed E-state index contributed by atoms with van der Waals surface area (Å²) in [6.07, 6.45) is 0. The molecule has 0 saturated carbocycles. The minimum Gasteiger partial charge on any atom is -0.336 e. The number of amides is 1. The zero-order chi connectivity index (χ0) is 17.8. The van der Waals surface area contributed by atoms with Crippen LogP contribution in [0.1, 0.15) is 32.9 Å². The maximum atomic E-state index is 12.9. The van der Waals surface area contributed by atoms with Crippen molar-refractivity contribution in [3.63, 3.8) is 0 Å². The first-order valence-electron chi connectivity index (χ1n) is 8.75. The van der Waals surface area contributed by atoms with Crippen LogP contribution in [0.5, 0.6) is 0 Å². The van der Waals surface area contributed by atoms with Crippen LogP contribution in [-0.4, -0.2) is 52.6 Å². The third-order valence-corrected chi connectivity index (χ3v) is 6.52. The zero-order valence-electron chi connectivity index (χ0n) is 15.1. The molecule has 0 bridgehead atoms. The highest BCUT2D eigenvalue weighted by Gasteiger charge is 2.24. The summed E-state index contributed by atoms with van der Waals surface area (Å²) in [5, 5.41) is 1.18. The third kappa shape index (κ3) is 4.43. The van der Waals surface area contributed by atoms with E-state index in [9.17, 15) is 4.79 Å². The lowest BCUT2D eigenvalue weighted by Crippen LogP contribution is -2.48. The molecule has 134 valence electrons. The number of thiazole rings is 1.